The fourth-order valence-corrected chi connectivity index (χ4v) is 5.04. The van der Waals surface area contributed by atoms with Gasteiger partial charge in [-0.2, -0.15) is 11.8 Å². The third kappa shape index (κ3) is 3.72. The van der Waals surface area contributed by atoms with Gasteiger partial charge in [-0.3, -0.25) is 10.1 Å². The van der Waals surface area contributed by atoms with Crippen LogP contribution >= 0.6 is 27.7 Å². The van der Waals surface area contributed by atoms with Gasteiger partial charge in [-0.25, -0.2) is 13.1 Å². The zero-order valence-corrected chi connectivity index (χ0v) is 13.6. The second-order valence-electron chi connectivity index (χ2n) is 4.36. The SMILES string of the molecule is O=[N+]([O-])c1ccc(Br)cc1S(=O)(=O)NCC1CCCS1. The van der Waals surface area contributed by atoms with Gasteiger partial charge in [-0.05, 0) is 30.7 Å². The first-order valence-electron chi connectivity index (χ1n) is 5.95. The topological polar surface area (TPSA) is 89.3 Å². The minimum absolute atomic E-state index is 0.246. The molecule has 1 saturated heterocycles. The molecule has 6 nitrogen and oxygen atoms in total. The van der Waals surface area contributed by atoms with E-state index in [2.05, 4.69) is 20.7 Å². The van der Waals surface area contributed by atoms with Crippen molar-refractivity contribution in [2.24, 2.45) is 0 Å². The normalized spacial score (nSPS) is 19.1. The lowest BCUT2D eigenvalue weighted by molar-refractivity contribution is -0.387. The first-order chi connectivity index (χ1) is 9.40. The van der Waals surface area contributed by atoms with Crippen LogP contribution in [0.25, 0.3) is 0 Å². The van der Waals surface area contributed by atoms with E-state index in [9.17, 15) is 18.5 Å². The number of rotatable bonds is 5. The van der Waals surface area contributed by atoms with Gasteiger partial charge in [0, 0.05) is 22.3 Å². The summed E-state index contributed by atoms with van der Waals surface area (Å²) in [5, 5.41) is 11.2. The average Bonchev–Trinajstić information content (AvgIpc) is 2.89. The molecule has 0 radical (unpaired) electrons. The Labute approximate surface area is 129 Å². The number of sulfonamides is 1. The molecule has 1 aliphatic heterocycles. The van der Waals surface area contributed by atoms with E-state index >= 15 is 0 Å². The summed E-state index contributed by atoms with van der Waals surface area (Å²) in [5.41, 5.74) is -0.417. The maximum Gasteiger partial charge on any atom is 0.289 e. The molecule has 0 amide bonds. The molecule has 20 heavy (non-hydrogen) atoms. The summed E-state index contributed by atoms with van der Waals surface area (Å²) in [6.45, 7) is 0.302. The summed E-state index contributed by atoms with van der Waals surface area (Å²) >= 11 is 4.86. The van der Waals surface area contributed by atoms with Crippen LogP contribution < -0.4 is 4.72 Å². The molecule has 0 aromatic heterocycles. The van der Waals surface area contributed by atoms with Crippen molar-refractivity contribution < 1.29 is 13.3 Å². The van der Waals surface area contributed by atoms with Gasteiger partial charge in [0.25, 0.3) is 5.69 Å². The van der Waals surface area contributed by atoms with Gasteiger partial charge in [0.05, 0.1) is 4.92 Å². The summed E-state index contributed by atoms with van der Waals surface area (Å²) < 4.78 is 27.4. The van der Waals surface area contributed by atoms with E-state index in [1.807, 2.05) is 0 Å². The van der Waals surface area contributed by atoms with Crippen LogP contribution in [0.2, 0.25) is 0 Å². The molecule has 0 spiro atoms. The number of thioether (sulfide) groups is 1. The zero-order valence-electron chi connectivity index (χ0n) is 10.4. The van der Waals surface area contributed by atoms with Crippen molar-refractivity contribution in [3.05, 3.63) is 32.8 Å². The zero-order chi connectivity index (χ0) is 14.8. The van der Waals surface area contributed by atoms with Crippen molar-refractivity contribution in [2.75, 3.05) is 12.3 Å². The number of hydrogen-bond donors (Lipinski definition) is 1. The molecule has 1 unspecified atom stereocenters. The molecule has 0 saturated carbocycles. The Morgan fingerprint density at radius 3 is 2.85 bits per heavy atom. The minimum Gasteiger partial charge on any atom is -0.258 e. The van der Waals surface area contributed by atoms with E-state index in [-0.39, 0.29) is 10.1 Å². The number of halogens is 1. The monoisotopic (exact) mass is 380 g/mol. The smallest absolute Gasteiger partial charge is 0.258 e. The van der Waals surface area contributed by atoms with Crippen LogP contribution in [-0.4, -0.2) is 30.9 Å². The molecular weight excluding hydrogens is 368 g/mol. The Balaban J connectivity index is 2.23. The van der Waals surface area contributed by atoms with Crippen LogP contribution in [0.15, 0.2) is 27.6 Å². The van der Waals surface area contributed by atoms with Gasteiger partial charge in [-0.15, -0.1) is 0 Å². The van der Waals surface area contributed by atoms with E-state index < -0.39 is 20.6 Å². The standard InChI is InChI=1S/C11H13BrN2O4S2/c12-8-3-4-10(14(15)16)11(6-8)20(17,18)13-7-9-2-1-5-19-9/h3-4,6,9,13H,1-2,5,7H2. The summed E-state index contributed by atoms with van der Waals surface area (Å²) in [6.07, 6.45) is 2.04. The van der Waals surface area contributed by atoms with Crippen molar-refractivity contribution in [2.45, 2.75) is 23.0 Å². The Hall–Kier alpha value is -0.640. The fraction of sp³-hybridized carbons (Fsp3) is 0.455. The van der Waals surface area contributed by atoms with Crippen molar-refractivity contribution in [1.82, 2.24) is 4.72 Å². The molecule has 1 aromatic carbocycles. The van der Waals surface area contributed by atoms with E-state index in [1.54, 1.807) is 11.8 Å². The van der Waals surface area contributed by atoms with Crippen molar-refractivity contribution in [3.8, 4) is 0 Å². The van der Waals surface area contributed by atoms with Crippen LogP contribution in [0.5, 0.6) is 0 Å². The van der Waals surface area contributed by atoms with E-state index in [1.165, 1.54) is 18.2 Å². The minimum atomic E-state index is -3.88. The maximum absolute atomic E-state index is 12.2. The van der Waals surface area contributed by atoms with Crippen LogP contribution in [0, 0.1) is 10.1 Å². The Bertz CT molecular complexity index is 615. The molecule has 0 aliphatic carbocycles. The lowest BCUT2D eigenvalue weighted by atomic mass is 10.2. The number of nitrogens with one attached hydrogen (secondary N) is 1. The molecule has 9 heteroatoms. The Kier molecular flexibility index (Phi) is 5.05. The molecular formula is C11H13BrN2O4S2. The molecule has 1 aromatic rings. The van der Waals surface area contributed by atoms with Crippen LogP contribution in [0.4, 0.5) is 5.69 Å². The maximum atomic E-state index is 12.2. The van der Waals surface area contributed by atoms with Gasteiger partial charge < -0.3 is 0 Å². The van der Waals surface area contributed by atoms with Gasteiger partial charge in [-0.1, -0.05) is 15.9 Å². The number of hydrogen-bond acceptors (Lipinski definition) is 5. The number of benzene rings is 1. The largest absolute Gasteiger partial charge is 0.289 e. The van der Waals surface area contributed by atoms with E-state index in [0.29, 0.717) is 11.0 Å². The first kappa shape index (κ1) is 15.7. The molecule has 1 aliphatic rings. The molecule has 1 heterocycles. The molecule has 1 atom stereocenters. The Morgan fingerprint density at radius 1 is 1.50 bits per heavy atom. The summed E-state index contributed by atoms with van der Waals surface area (Å²) in [6, 6.07) is 3.88. The summed E-state index contributed by atoms with van der Waals surface area (Å²) in [4.78, 5) is 9.94. The predicted octanol–water partition coefficient (Wildman–Crippen LogP) is 2.53. The second-order valence-corrected chi connectivity index (χ2v) is 8.42. The molecule has 0 bridgehead atoms. The molecule has 1 fully saturated rings. The summed E-state index contributed by atoms with van der Waals surface area (Å²) in [5.74, 6) is 1.03. The third-order valence-corrected chi connectivity index (χ3v) is 6.28. The lowest BCUT2D eigenvalue weighted by Crippen LogP contribution is -2.30. The number of nitrogens with zero attached hydrogens (tertiary/aromatic N) is 1. The highest BCUT2D eigenvalue weighted by molar-refractivity contribution is 9.10. The number of nitro groups is 1. The highest BCUT2D eigenvalue weighted by Crippen LogP contribution is 2.29. The van der Waals surface area contributed by atoms with Crippen molar-refractivity contribution in [3.63, 3.8) is 0 Å². The fourth-order valence-electron chi connectivity index (χ4n) is 1.94. The van der Waals surface area contributed by atoms with Crippen LogP contribution in [0.1, 0.15) is 12.8 Å². The van der Waals surface area contributed by atoms with Gasteiger partial charge in [0.15, 0.2) is 4.90 Å². The first-order valence-corrected chi connectivity index (χ1v) is 9.28. The highest BCUT2D eigenvalue weighted by Gasteiger charge is 2.27. The summed E-state index contributed by atoms with van der Waals surface area (Å²) in [7, 11) is -3.88. The second kappa shape index (κ2) is 6.42. The average molecular weight is 381 g/mol. The molecule has 1 N–H and O–H groups in total. The quantitative estimate of drug-likeness (QED) is 0.625. The van der Waals surface area contributed by atoms with Crippen LogP contribution in [0.3, 0.4) is 0 Å². The third-order valence-electron chi connectivity index (χ3n) is 2.93. The lowest BCUT2D eigenvalue weighted by Gasteiger charge is -2.11. The van der Waals surface area contributed by atoms with Gasteiger partial charge >= 0.3 is 0 Å². The van der Waals surface area contributed by atoms with Crippen LogP contribution in [-0.2, 0) is 10.0 Å². The van der Waals surface area contributed by atoms with E-state index in [0.717, 1.165) is 18.6 Å². The Morgan fingerprint density at radius 2 is 2.25 bits per heavy atom. The van der Waals surface area contributed by atoms with Crippen molar-refractivity contribution in [1.29, 1.82) is 0 Å². The van der Waals surface area contributed by atoms with Gasteiger partial charge in [0.2, 0.25) is 10.0 Å². The number of nitro benzene ring substituents is 1. The van der Waals surface area contributed by atoms with E-state index in [4.69, 9.17) is 0 Å². The molecule has 2 rings (SSSR count). The van der Waals surface area contributed by atoms with Crippen molar-refractivity contribution >= 4 is 43.4 Å². The highest BCUT2D eigenvalue weighted by atomic mass is 79.9. The van der Waals surface area contributed by atoms with Gasteiger partial charge in [0.1, 0.15) is 0 Å². The predicted molar refractivity (Wildman–Crippen MR) is 81.5 cm³/mol. The molecule has 110 valence electrons.